The summed E-state index contributed by atoms with van der Waals surface area (Å²) in [5.74, 6) is 0.500. The molecule has 1 saturated heterocycles. The number of thiophene rings is 1. The molecule has 0 bridgehead atoms. The molecule has 1 aliphatic rings. The maximum atomic E-state index is 12.3. The smallest absolute Gasteiger partial charge is 0.225 e. The van der Waals surface area contributed by atoms with Crippen LogP contribution >= 0.6 is 11.3 Å². The molecule has 6 heteroatoms. The van der Waals surface area contributed by atoms with Crippen LogP contribution < -0.4 is 10.1 Å². The number of ether oxygens (including phenoxy) is 1. The molecular formula is C18H20N2O3S. The standard InChI is InChI=1S/C18H20N2O3S/c1-23-16-4-2-13(3-5-16)10-20-11-15(8-17(20)21)18(22)19-9-14-6-7-24-12-14/h2-7,12,15H,8-11H2,1H3,(H,19,22)/t15-/m1/s1. The molecule has 0 radical (unpaired) electrons. The van der Waals surface area contributed by atoms with Crippen LogP contribution in [0.15, 0.2) is 41.1 Å². The van der Waals surface area contributed by atoms with E-state index in [1.54, 1.807) is 23.3 Å². The Bertz CT molecular complexity index is 698. The first-order valence-electron chi connectivity index (χ1n) is 7.85. The van der Waals surface area contributed by atoms with E-state index in [4.69, 9.17) is 4.74 Å². The maximum absolute atomic E-state index is 12.3. The van der Waals surface area contributed by atoms with E-state index in [9.17, 15) is 9.59 Å². The summed E-state index contributed by atoms with van der Waals surface area (Å²) in [5.41, 5.74) is 2.12. The van der Waals surface area contributed by atoms with Crippen LogP contribution in [0.2, 0.25) is 0 Å². The fourth-order valence-electron chi connectivity index (χ4n) is 2.78. The molecule has 1 N–H and O–H groups in total. The monoisotopic (exact) mass is 344 g/mol. The lowest BCUT2D eigenvalue weighted by molar-refractivity contribution is -0.129. The number of nitrogens with zero attached hydrogens (tertiary/aromatic N) is 1. The molecule has 126 valence electrons. The van der Waals surface area contributed by atoms with Gasteiger partial charge in [-0.2, -0.15) is 11.3 Å². The number of hydrogen-bond acceptors (Lipinski definition) is 4. The molecule has 2 amide bonds. The van der Waals surface area contributed by atoms with Crippen LogP contribution in [-0.4, -0.2) is 30.4 Å². The Balaban J connectivity index is 1.53. The first-order chi connectivity index (χ1) is 11.7. The van der Waals surface area contributed by atoms with Crippen molar-refractivity contribution in [1.82, 2.24) is 10.2 Å². The molecule has 2 heterocycles. The molecule has 0 spiro atoms. The van der Waals surface area contributed by atoms with Crippen molar-refractivity contribution >= 4 is 23.2 Å². The lowest BCUT2D eigenvalue weighted by Crippen LogP contribution is -2.32. The molecule has 1 atom stereocenters. The zero-order valence-corrected chi connectivity index (χ0v) is 14.3. The number of benzene rings is 1. The van der Waals surface area contributed by atoms with Gasteiger partial charge < -0.3 is 15.0 Å². The topological polar surface area (TPSA) is 58.6 Å². The second-order valence-electron chi connectivity index (χ2n) is 5.87. The predicted molar refractivity (Wildman–Crippen MR) is 92.7 cm³/mol. The van der Waals surface area contributed by atoms with Gasteiger partial charge in [0.05, 0.1) is 13.0 Å². The van der Waals surface area contributed by atoms with Crippen molar-refractivity contribution in [3.05, 3.63) is 52.2 Å². The zero-order chi connectivity index (χ0) is 16.9. The van der Waals surface area contributed by atoms with Gasteiger partial charge in [-0.15, -0.1) is 0 Å². The number of nitrogens with one attached hydrogen (secondary N) is 1. The first-order valence-corrected chi connectivity index (χ1v) is 8.79. The maximum Gasteiger partial charge on any atom is 0.225 e. The molecule has 24 heavy (non-hydrogen) atoms. The number of hydrogen-bond donors (Lipinski definition) is 1. The molecular weight excluding hydrogens is 324 g/mol. The molecule has 3 rings (SSSR count). The molecule has 0 aliphatic carbocycles. The van der Waals surface area contributed by atoms with Gasteiger partial charge in [0, 0.05) is 26.1 Å². The van der Waals surface area contributed by atoms with Gasteiger partial charge in [-0.3, -0.25) is 9.59 Å². The van der Waals surface area contributed by atoms with Crippen LogP contribution in [0.25, 0.3) is 0 Å². The minimum atomic E-state index is -0.269. The number of methoxy groups -OCH3 is 1. The second-order valence-corrected chi connectivity index (χ2v) is 6.65. The van der Waals surface area contributed by atoms with Gasteiger partial charge in [0.15, 0.2) is 0 Å². The van der Waals surface area contributed by atoms with E-state index in [1.165, 1.54) is 0 Å². The Hall–Kier alpha value is -2.34. The molecule has 1 aromatic carbocycles. The largest absolute Gasteiger partial charge is 0.497 e. The molecule has 2 aromatic rings. The number of carbonyl (C=O) groups is 2. The van der Waals surface area contributed by atoms with Gasteiger partial charge in [-0.05, 0) is 40.1 Å². The number of amides is 2. The van der Waals surface area contributed by atoms with Crippen LogP contribution in [0.1, 0.15) is 17.5 Å². The van der Waals surface area contributed by atoms with Crippen molar-refractivity contribution in [1.29, 1.82) is 0 Å². The van der Waals surface area contributed by atoms with Crippen LogP contribution in [-0.2, 0) is 22.7 Å². The van der Waals surface area contributed by atoms with Crippen molar-refractivity contribution in [2.24, 2.45) is 5.92 Å². The van der Waals surface area contributed by atoms with E-state index >= 15 is 0 Å². The third-order valence-corrected chi connectivity index (χ3v) is 4.90. The van der Waals surface area contributed by atoms with Crippen molar-refractivity contribution in [2.45, 2.75) is 19.5 Å². The summed E-state index contributed by atoms with van der Waals surface area (Å²) < 4.78 is 5.13. The minimum absolute atomic E-state index is 0.0292. The quantitative estimate of drug-likeness (QED) is 0.875. The molecule has 0 unspecified atom stereocenters. The first kappa shape index (κ1) is 16.5. The van der Waals surface area contributed by atoms with Gasteiger partial charge in [-0.25, -0.2) is 0 Å². The summed E-state index contributed by atoms with van der Waals surface area (Å²) >= 11 is 1.61. The Morgan fingerprint density at radius 3 is 2.75 bits per heavy atom. The lowest BCUT2D eigenvalue weighted by Gasteiger charge is -2.17. The van der Waals surface area contributed by atoms with E-state index < -0.39 is 0 Å². The zero-order valence-electron chi connectivity index (χ0n) is 13.5. The molecule has 0 saturated carbocycles. The van der Waals surface area contributed by atoms with Crippen molar-refractivity contribution in [3.8, 4) is 5.75 Å². The molecule has 5 nitrogen and oxygen atoms in total. The highest BCUT2D eigenvalue weighted by molar-refractivity contribution is 7.07. The Morgan fingerprint density at radius 2 is 2.08 bits per heavy atom. The normalized spacial score (nSPS) is 17.1. The van der Waals surface area contributed by atoms with Crippen LogP contribution in [0.3, 0.4) is 0 Å². The lowest BCUT2D eigenvalue weighted by atomic mass is 10.1. The Morgan fingerprint density at radius 1 is 1.29 bits per heavy atom. The van der Waals surface area contributed by atoms with Gasteiger partial charge in [0.2, 0.25) is 11.8 Å². The number of carbonyl (C=O) groups excluding carboxylic acids is 2. The van der Waals surface area contributed by atoms with Crippen LogP contribution in [0, 0.1) is 5.92 Å². The number of likely N-dealkylation sites (tertiary alicyclic amines) is 1. The summed E-state index contributed by atoms with van der Waals surface area (Å²) in [5, 5.41) is 6.91. The molecule has 1 aliphatic heterocycles. The summed E-state index contributed by atoms with van der Waals surface area (Å²) in [6.45, 7) is 1.52. The van der Waals surface area contributed by atoms with Gasteiger partial charge in [0.1, 0.15) is 5.75 Å². The highest BCUT2D eigenvalue weighted by Gasteiger charge is 2.34. The second kappa shape index (κ2) is 7.49. The van der Waals surface area contributed by atoms with Crippen molar-refractivity contribution < 1.29 is 14.3 Å². The SMILES string of the molecule is COc1ccc(CN2C[C@H](C(=O)NCc3ccsc3)CC2=O)cc1. The van der Waals surface area contributed by atoms with E-state index in [0.29, 0.717) is 19.6 Å². The van der Waals surface area contributed by atoms with E-state index in [0.717, 1.165) is 16.9 Å². The van der Waals surface area contributed by atoms with Gasteiger partial charge in [-0.1, -0.05) is 12.1 Å². The predicted octanol–water partition coefficient (Wildman–Crippen LogP) is 2.42. The third-order valence-electron chi connectivity index (χ3n) is 4.16. The average Bonchev–Trinajstić information content (AvgIpc) is 3.24. The Kier molecular flexibility index (Phi) is 5.15. The highest BCUT2D eigenvalue weighted by atomic mass is 32.1. The summed E-state index contributed by atoms with van der Waals surface area (Å²) in [6, 6.07) is 9.62. The fraction of sp³-hybridized carbons (Fsp3) is 0.333. The highest BCUT2D eigenvalue weighted by Crippen LogP contribution is 2.21. The average molecular weight is 344 g/mol. The fourth-order valence-corrected chi connectivity index (χ4v) is 3.45. The molecule has 1 fully saturated rings. The van der Waals surface area contributed by atoms with Crippen molar-refractivity contribution in [3.63, 3.8) is 0 Å². The van der Waals surface area contributed by atoms with E-state index in [1.807, 2.05) is 41.1 Å². The van der Waals surface area contributed by atoms with Gasteiger partial charge >= 0.3 is 0 Å². The van der Waals surface area contributed by atoms with Crippen LogP contribution in [0.5, 0.6) is 5.75 Å². The summed E-state index contributed by atoms with van der Waals surface area (Å²) in [6.07, 6.45) is 0.283. The van der Waals surface area contributed by atoms with Gasteiger partial charge in [0.25, 0.3) is 0 Å². The Labute approximate surface area is 145 Å². The van der Waals surface area contributed by atoms with E-state index in [2.05, 4.69) is 5.32 Å². The van der Waals surface area contributed by atoms with Crippen LogP contribution in [0.4, 0.5) is 0 Å². The van der Waals surface area contributed by atoms with Crippen molar-refractivity contribution in [2.75, 3.05) is 13.7 Å². The minimum Gasteiger partial charge on any atom is -0.497 e. The molecule has 1 aromatic heterocycles. The number of rotatable bonds is 6. The summed E-state index contributed by atoms with van der Waals surface area (Å²) in [4.78, 5) is 26.2. The third kappa shape index (κ3) is 3.94. The van der Waals surface area contributed by atoms with E-state index in [-0.39, 0.29) is 24.2 Å². The summed E-state index contributed by atoms with van der Waals surface area (Å²) in [7, 11) is 1.62.